The number of anilines is 1. The van der Waals surface area contributed by atoms with Crippen molar-refractivity contribution in [3.8, 4) is 0 Å². The molecule has 2 saturated heterocycles. The van der Waals surface area contributed by atoms with Gasteiger partial charge in [-0.3, -0.25) is 10.1 Å². The van der Waals surface area contributed by atoms with Gasteiger partial charge in [0, 0.05) is 17.5 Å². The van der Waals surface area contributed by atoms with Crippen molar-refractivity contribution in [3.63, 3.8) is 0 Å². The summed E-state index contributed by atoms with van der Waals surface area (Å²) in [4.78, 5) is 12.5. The van der Waals surface area contributed by atoms with Crippen LogP contribution in [0.15, 0.2) is 18.2 Å². The number of aliphatic hydroxyl groups is 1. The molecular formula is C13H15ClN2O5. The maximum Gasteiger partial charge on any atom is 0.294 e. The summed E-state index contributed by atoms with van der Waals surface area (Å²) in [5, 5.41) is 21.1. The molecule has 2 heterocycles. The molecule has 2 fully saturated rings. The van der Waals surface area contributed by atoms with E-state index in [9.17, 15) is 15.2 Å². The van der Waals surface area contributed by atoms with Crippen LogP contribution in [-0.4, -0.2) is 48.2 Å². The van der Waals surface area contributed by atoms with Crippen LogP contribution < -0.4 is 4.90 Å². The highest BCUT2D eigenvalue weighted by Crippen LogP contribution is 2.41. The van der Waals surface area contributed by atoms with Crippen molar-refractivity contribution in [1.82, 2.24) is 0 Å². The first-order chi connectivity index (χ1) is 10.0. The highest BCUT2D eigenvalue weighted by Gasteiger charge is 2.49. The average Bonchev–Trinajstić information content (AvgIpc) is 3.06. The molecule has 1 atom stereocenters. The lowest BCUT2D eigenvalue weighted by molar-refractivity contribution is -0.384. The first kappa shape index (κ1) is 14.5. The molecule has 3 rings (SSSR count). The van der Waals surface area contributed by atoms with E-state index in [1.165, 1.54) is 6.07 Å². The molecule has 2 aliphatic heterocycles. The van der Waals surface area contributed by atoms with Gasteiger partial charge in [-0.05, 0) is 12.1 Å². The molecule has 0 unspecified atom stereocenters. The van der Waals surface area contributed by atoms with Gasteiger partial charge in [0.25, 0.3) is 5.69 Å². The fourth-order valence-corrected chi connectivity index (χ4v) is 3.13. The first-order valence-corrected chi connectivity index (χ1v) is 7.02. The second kappa shape index (κ2) is 5.42. The van der Waals surface area contributed by atoms with Gasteiger partial charge in [0.2, 0.25) is 0 Å². The number of ether oxygens (including phenoxy) is 2. The van der Waals surface area contributed by atoms with Crippen LogP contribution in [0.5, 0.6) is 0 Å². The van der Waals surface area contributed by atoms with Crippen LogP contribution in [0.1, 0.15) is 6.42 Å². The van der Waals surface area contributed by atoms with Crippen LogP contribution in [0.2, 0.25) is 5.02 Å². The molecule has 1 aromatic carbocycles. The molecule has 0 radical (unpaired) electrons. The minimum absolute atomic E-state index is 0.0870. The lowest BCUT2D eigenvalue weighted by atomic mass is 10.1. The number of hydrogen-bond acceptors (Lipinski definition) is 6. The fraction of sp³-hybridized carbons (Fsp3) is 0.538. The van der Waals surface area contributed by atoms with Crippen molar-refractivity contribution >= 4 is 23.0 Å². The number of nitrogens with zero attached hydrogens (tertiary/aromatic N) is 2. The molecule has 1 spiro atoms. The number of nitro groups is 1. The highest BCUT2D eigenvalue weighted by atomic mass is 35.5. The van der Waals surface area contributed by atoms with E-state index in [0.717, 1.165) is 0 Å². The minimum Gasteiger partial charge on any atom is -0.394 e. The van der Waals surface area contributed by atoms with Gasteiger partial charge in [0.1, 0.15) is 5.69 Å². The van der Waals surface area contributed by atoms with E-state index in [1.54, 1.807) is 17.0 Å². The monoisotopic (exact) mass is 314 g/mol. The third-order valence-electron chi connectivity index (χ3n) is 3.87. The second-order valence-corrected chi connectivity index (χ2v) is 5.60. The Kier molecular flexibility index (Phi) is 3.75. The van der Waals surface area contributed by atoms with E-state index in [-0.39, 0.29) is 18.3 Å². The van der Waals surface area contributed by atoms with E-state index in [2.05, 4.69) is 0 Å². The SMILES string of the molecule is O=[N+]([O-])c1cc(Cl)ccc1N1CC2(C[C@@H]1CO)OCCO2. The third kappa shape index (κ3) is 2.57. The maximum absolute atomic E-state index is 11.2. The quantitative estimate of drug-likeness (QED) is 0.673. The molecule has 0 amide bonds. The van der Waals surface area contributed by atoms with E-state index < -0.39 is 10.7 Å². The average molecular weight is 315 g/mol. The van der Waals surface area contributed by atoms with Gasteiger partial charge in [-0.15, -0.1) is 0 Å². The van der Waals surface area contributed by atoms with Crippen molar-refractivity contribution in [1.29, 1.82) is 0 Å². The van der Waals surface area contributed by atoms with Crippen molar-refractivity contribution in [2.75, 3.05) is 31.3 Å². The maximum atomic E-state index is 11.2. The van der Waals surface area contributed by atoms with Crippen molar-refractivity contribution < 1.29 is 19.5 Å². The van der Waals surface area contributed by atoms with E-state index >= 15 is 0 Å². The zero-order chi connectivity index (χ0) is 15.0. The van der Waals surface area contributed by atoms with Crippen molar-refractivity contribution in [2.45, 2.75) is 18.2 Å². The van der Waals surface area contributed by atoms with Crippen LogP contribution in [-0.2, 0) is 9.47 Å². The molecular weight excluding hydrogens is 300 g/mol. The Balaban J connectivity index is 1.97. The van der Waals surface area contributed by atoms with Gasteiger partial charge in [-0.2, -0.15) is 0 Å². The number of benzene rings is 1. The Labute approximate surface area is 126 Å². The molecule has 1 N–H and O–H groups in total. The normalized spacial score (nSPS) is 23.9. The molecule has 8 heteroatoms. The van der Waals surface area contributed by atoms with E-state index in [0.29, 0.717) is 36.9 Å². The molecule has 7 nitrogen and oxygen atoms in total. The summed E-state index contributed by atoms with van der Waals surface area (Å²) in [6, 6.07) is 4.21. The van der Waals surface area contributed by atoms with E-state index in [4.69, 9.17) is 21.1 Å². The smallest absolute Gasteiger partial charge is 0.294 e. The molecule has 21 heavy (non-hydrogen) atoms. The zero-order valence-electron chi connectivity index (χ0n) is 11.2. The Morgan fingerprint density at radius 3 is 2.81 bits per heavy atom. The summed E-state index contributed by atoms with van der Waals surface area (Å²) in [6.45, 7) is 1.21. The molecule has 0 saturated carbocycles. The third-order valence-corrected chi connectivity index (χ3v) is 4.10. The summed E-state index contributed by atoms with van der Waals surface area (Å²) in [5.41, 5.74) is 0.329. The molecule has 1 aromatic rings. The Bertz CT molecular complexity index is 561. The molecule has 114 valence electrons. The van der Waals surface area contributed by atoms with Crippen LogP contribution in [0, 0.1) is 10.1 Å². The predicted molar refractivity (Wildman–Crippen MR) is 75.6 cm³/mol. The number of aliphatic hydroxyl groups excluding tert-OH is 1. The minimum atomic E-state index is -0.777. The van der Waals surface area contributed by atoms with Crippen LogP contribution in [0.3, 0.4) is 0 Å². The summed E-state index contributed by atoms with van der Waals surface area (Å²) in [5.74, 6) is -0.777. The van der Waals surface area contributed by atoms with Gasteiger partial charge in [0.05, 0.1) is 37.3 Å². The van der Waals surface area contributed by atoms with E-state index in [1.807, 2.05) is 0 Å². The summed E-state index contributed by atoms with van der Waals surface area (Å²) >= 11 is 5.84. The molecule has 2 aliphatic rings. The standard InChI is InChI=1S/C13H15ClN2O5/c14-9-1-2-11(12(5-9)16(18)19)15-8-13(6-10(15)7-17)20-3-4-21-13/h1-2,5,10,17H,3-4,6-8H2/t10-/m1/s1. The summed E-state index contributed by atoms with van der Waals surface area (Å²) in [7, 11) is 0. The Morgan fingerprint density at radius 2 is 2.19 bits per heavy atom. The summed E-state index contributed by atoms with van der Waals surface area (Å²) in [6.07, 6.45) is 0.475. The van der Waals surface area contributed by atoms with Gasteiger partial charge < -0.3 is 19.5 Å². The molecule has 0 aliphatic carbocycles. The second-order valence-electron chi connectivity index (χ2n) is 5.17. The van der Waals surface area contributed by atoms with Gasteiger partial charge in [0.15, 0.2) is 5.79 Å². The first-order valence-electron chi connectivity index (χ1n) is 6.64. The van der Waals surface area contributed by atoms with Gasteiger partial charge in [-0.25, -0.2) is 0 Å². The largest absolute Gasteiger partial charge is 0.394 e. The van der Waals surface area contributed by atoms with Crippen molar-refractivity contribution in [3.05, 3.63) is 33.3 Å². The summed E-state index contributed by atoms with van der Waals surface area (Å²) < 4.78 is 11.3. The van der Waals surface area contributed by atoms with Crippen LogP contribution in [0.25, 0.3) is 0 Å². The predicted octanol–water partition coefficient (Wildman–Crippen LogP) is 1.56. The van der Waals surface area contributed by atoms with Gasteiger partial charge in [-0.1, -0.05) is 11.6 Å². The molecule has 0 aromatic heterocycles. The van der Waals surface area contributed by atoms with Crippen LogP contribution in [0.4, 0.5) is 11.4 Å². The number of nitro benzene ring substituents is 1. The number of hydrogen-bond donors (Lipinski definition) is 1. The lowest BCUT2D eigenvalue weighted by Gasteiger charge is -2.25. The fourth-order valence-electron chi connectivity index (χ4n) is 2.96. The Hall–Kier alpha value is -1.41. The van der Waals surface area contributed by atoms with Crippen molar-refractivity contribution in [2.24, 2.45) is 0 Å². The lowest BCUT2D eigenvalue weighted by Crippen LogP contribution is -2.35. The molecule has 0 bridgehead atoms. The van der Waals surface area contributed by atoms with Crippen LogP contribution >= 0.6 is 11.6 Å². The zero-order valence-corrected chi connectivity index (χ0v) is 12.0. The Morgan fingerprint density at radius 1 is 1.48 bits per heavy atom. The highest BCUT2D eigenvalue weighted by molar-refractivity contribution is 6.30. The topological polar surface area (TPSA) is 85.1 Å². The number of rotatable bonds is 3. The number of halogens is 1. The van der Waals surface area contributed by atoms with Gasteiger partial charge >= 0.3 is 0 Å².